The molecule has 154 valence electrons. The number of carbonyl (C=O) groups is 3. The van der Waals surface area contributed by atoms with E-state index in [1.807, 2.05) is 12.2 Å². The first kappa shape index (κ1) is 21.0. The number of aliphatic hydroxyl groups excluding tert-OH is 1. The molecule has 0 unspecified atom stereocenters. The molecular weight excluding hydrogens is 372 g/mol. The molecule has 0 amide bonds. The lowest BCUT2D eigenvalue weighted by Gasteiger charge is -2.31. The summed E-state index contributed by atoms with van der Waals surface area (Å²) >= 11 is 0. The summed E-state index contributed by atoms with van der Waals surface area (Å²) in [6, 6.07) is 0. The molecule has 0 aromatic heterocycles. The first-order valence-electron chi connectivity index (χ1n) is 9.84. The molecule has 1 N–H and O–H groups in total. The Labute approximate surface area is 170 Å². The predicted molar refractivity (Wildman–Crippen MR) is 106 cm³/mol. The molecule has 2 heterocycles. The second-order valence-corrected chi connectivity index (χ2v) is 7.97. The summed E-state index contributed by atoms with van der Waals surface area (Å²) in [5, 5.41) is 9.81. The first-order valence-corrected chi connectivity index (χ1v) is 9.84. The van der Waals surface area contributed by atoms with E-state index in [0.29, 0.717) is 22.8 Å². The van der Waals surface area contributed by atoms with Gasteiger partial charge in [0.1, 0.15) is 11.3 Å². The van der Waals surface area contributed by atoms with Gasteiger partial charge in [-0.15, -0.1) is 0 Å². The largest absolute Gasteiger partial charge is 0.464 e. The molecule has 0 aromatic rings. The van der Waals surface area contributed by atoms with Crippen molar-refractivity contribution >= 4 is 17.5 Å². The van der Waals surface area contributed by atoms with Gasteiger partial charge in [-0.25, -0.2) is 4.79 Å². The van der Waals surface area contributed by atoms with Crippen LogP contribution >= 0.6 is 0 Å². The van der Waals surface area contributed by atoms with Gasteiger partial charge in [0.25, 0.3) is 0 Å². The summed E-state index contributed by atoms with van der Waals surface area (Å²) in [4.78, 5) is 38.3. The van der Waals surface area contributed by atoms with E-state index in [1.54, 1.807) is 6.08 Å². The highest BCUT2D eigenvalue weighted by Gasteiger charge is 2.55. The zero-order valence-corrected chi connectivity index (χ0v) is 17.3. The number of fused-ring (bicyclic) bond motifs is 3. The van der Waals surface area contributed by atoms with Crippen molar-refractivity contribution < 1.29 is 29.0 Å². The Bertz CT molecular complexity index is 927. The fraction of sp³-hybridized carbons (Fsp3) is 0.435. The molecule has 4 atom stereocenters. The Balaban J connectivity index is 2.08. The molecule has 0 saturated carbocycles. The number of allylic oxidation sites excluding steroid dienone is 4. The quantitative estimate of drug-likeness (QED) is 0.546. The van der Waals surface area contributed by atoms with Crippen LogP contribution in [0.4, 0.5) is 0 Å². The Morgan fingerprint density at radius 3 is 2.55 bits per heavy atom. The molecule has 0 spiro atoms. The molecule has 29 heavy (non-hydrogen) atoms. The summed E-state index contributed by atoms with van der Waals surface area (Å²) in [6.45, 7) is 8.67. The van der Waals surface area contributed by atoms with Crippen LogP contribution in [0.15, 0.2) is 58.6 Å². The highest BCUT2D eigenvalue weighted by Crippen LogP contribution is 2.46. The summed E-state index contributed by atoms with van der Waals surface area (Å²) in [5.74, 6) is -1.69. The van der Waals surface area contributed by atoms with E-state index in [9.17, 15) is 19.5 Å². The summed E-state index contributed by atoms with van der Waals surface area (Å²) in [6.07, 6.45) is 8.47. The number of rotatable bonds is 6. The van der Waals surface area contributed by atoms with Gasteiger partial charge in [-0.05, 0) is 43.6 Å². The van der Waals surface area contributed by atoms with Gasteiger partial charge < -0.3 is 14.6 Å². The van der Waals surface area contributed by atoms with Crippen LogP contribution in [0.1, 0.15) is 41.0 Å². The Morgan fingerprint density at radius 1 is 1.24 bits per heavy atom. The van der Waals surface area contributed by atoms with Crippen LogP contribution in [0.2, 0.25) is 0 Å². The monoisotopic (exact) mass is 398 g/mol. The maximum absolute atomic E-state index is 12.9. The topological polar surface area (TPSA) is 89.9 Å². The lowest BCUT2D eigenvalue weighted by atomic mass is 9.75. The van der Waals surface area contributed by atoms with Gasteiger partial charge in [0.05, 0.1) is 12.4 Å². The molecule has 2 aliphatic heterocycles. The minimum absolute atomic E-state index is 0.193. The number of carbonyl (C=O) groups excluding carboxylic acids is 3. The summed E-state index contributed by atoms with van der Waals surface area (Å²) in [5.41, 5.74) is -0.520. The zero-order chi connectivity index (χ0) is 21.5. The van der Waals surface area contributed by atoms with E-state index in [0.717, 1.165) is 6.42 Å². The van der Waals surface area contributed by atoms with E-state index >= 15 is 0 Å². The van der Waals surface area contributed by atoms with E-state index in [2.05, 4.69) is 13.8 Å². The van der Waals surface area contributed by atoms with Gasteiger partial charge in [-0.3, -0.25) is 9.59 Å². The van der Waals surface area contributed by atoms with Crippen LogP contribution in [0, 0.1) is 11.8 Å². The smallest absolute Gasteiger partial charge is 0.343 e. The Morgan fingerprint density at radius 2 is 1.93 bits per heavy atom. The van der Waals surface area contributed by atoms with Crippen molar-refractivity contribution in [3.8, 4) is 0 Å². The number of aliphatic hydroxyl groups is 1. The van der Waals surface area contributed by atoms with Crippen LogP contribution in [-0.2, 0) is 23.9 Å². The molecular formula is C23H26O6. The van der Waals surface area contributed by atoms with Crippen molar-refractivity contribution in [1.82, 2.24) is 0 Å². The van der Waals surface area contributed by atoms with Gasteiger partial charge in [-0.1, -0.05) is 33.3 Å². The highest BCUT2D eigenvalue weighted by molar-refractivity contribution is 6.25. The predicted octanol–water partition coefficient (Wildman–Crippen LogP) is 3.09. The van der Waals surface area contributed by atoms with Crippen LogP contribution in [0.3, 0.4) is 0 Å². The van der Waals surface area contributed by atoms with E-state index in [-0.39, 0.29) is 11.1 Å². The molecule has 3 aliphatic rings. The molecule has 0 radical (unpaired) electrons. The molecule has 0 fully saturated rings. The van der Waals surface area contributed by atoms with E-state index in [4.69, 9.17) is 9.47 Å². The first-order chi connectivity index (χ1) is 13.6. The highest BCUT2D eigenvalue weighted by atomic mass is 16.6. The number of hydrogen-bond acceptors (Lipinski definition) is 6. The number of hydrogen-bond donors (Lipinski definition) is 1. The molecule has 6 heteroatoms. The van der Waals surface area contributed by atoms with E-state index < -0.39 is 35.2 Å². The van der Waals surface area contributed by atoms with Gasteiger partial charge in [0.15, 0.2) is 11.4 Å². The normalized spacial score (nSPS) is 26.6. The SMILES string of the molecule is CC[C@H](C)/C=C/C1=CC2=CC(=O)[C@@]3(C)OC(=O)C(C(=O)[C@@H](C)[C@@H](C)O)=C3C2=CO1. The van der Waals surface area contributed by atoms with Crippen molar-refractivity contribution in [3.05, 3.63) is 58.6 Å². The molecule has 1 aliphatic carbocycles. The van der Waals surface area contributed by atoms with Crippen molar-refractivity contribution in [2.24, 2.45) is 11.8 Å². The lowest BCUT2D eigenvalue weighted by Crippen LogP contribution is -2.40. The third-order valence-electron chi connectivity index (χ3n) is 5.79. The Hall–Kier alpha value is -2.73. The number of esters is 1. The van der Waals surface area contributed by atoms with Gasteiger partial charge in [0, 0.05) is 17.1 Å². The summed E-state index contributed by atoms with van der Waals surface area (Å²) in [7, 11) is 0. The third kappa shape index (κ3) is 3.53. The molecule has 0 saturated heterocycles. The van der Waals surface area contributed by atoms with Crippen LogP contribution in [-0.4, -0.2) is 34.3 Å². The average Bonchev–Trinajstić information content (AvgIpc) is 2.96. The molecule has 6 nitrogen and oxygen atoms in total. The molecule has 3 rings (SSSR count). The maximum Gasteiger partial charge on any atom is 0.343 e. The fourth-order valence-corrected chi connectivity index (χ4v) is 3.41. The molecule has 0 aromatic carbocycles. The molecule has 0 bridgehead atoms. The number of ketones is 2. The lowest BCUT2D eigenvalue weighted by molar-refractivity contribution is -0.153. The second kappa shape index (κ2) is 7.59. The third-order valence-corrected chi connectivity index (χ3v) is 5.79. The van der Waals surface area contributed by atoms with Crippen LogP contribution < -0.4 is 0 Å². The minimum Gasteiger partial charge on any atom is -0.464 e. The minimum atomic E-state index is -1.57. The summed E-state index contributed by atoms with van der Waals surface area (Å²) < 4.78 is 11.1. The van der Waals surface area contributed by atoms with Crippen molar-refractivity contribution in [1.29, 1.82) is 0 Å². The van der Waals surface area contributed by atoms with Crippen molar-refractivity contribution in [3.63, 3.8) is 0 Å². The van der Waals surface area contributed by atoms with Gasteiger partial charge >= 0.3 is 5.97 Å². The fourth-order valence-electron chi connectivity index (χ4n) is 3.41. The van der Waals surface area contributed by atoms with Crippen molar-refractivity contribution in [2.75, 3.05) is 0 Å². The van der Waals surface area contributed by atoms with Crippen LogP contribution in [0.25, 0.3) is 0 Å². The van der Waals surface area contributed by atoms with Gasteiger partial charge in [0.2, 0.25) is 5.78 Å². The van der Waals surface area contributed by atoms with Crippen LogP contribution in [0.5, 0.6) is 0 Å². The number of ether oxygens (including phenoxy) is 2. The van der Waals surface area contributed by atoms with E-state index in [1.165, 1.54) is 33.1 Å². The average molecular weight is 398 g/mol. The Kier molecular flexibility index (Phi) is 5.50. The van der Waals surface area contributed by atoms with Gasteiger partial charge in [-0.2, -0.15) is 0 Å². The second-order valence-electron chi connectivity index (χ2n) is 7.97. The van der Waals surface area contributed by atoms with Crippen molar-refractivity contribution in [2.45, 2.75) is 52.7 Å². The number of Topliss-reactive ketones (excluding diaryl/α,β-unsaturated/α-hetero) is 1. The zero-order valence-electron chi connectivity index (χ0n) is 17.3. The maximum atomic E-state index is 12.9. The standard InChI is InChI=1S/C23H26O6/c1-6-12(2)7-8-16-9-15-10-18(25)23(5)20(17(15)11-28-16)19(22(27)29-23)21(26)13(3)14(4)24/h7-14,24H,6H2,1-5H3/b8-7+/t12-,13-,14+,23+/m0/s1.